The molecule has 0 spiro atoms. The molecule has 0 aliphatic heterocycles. The van der Waals surface area contributed by atoms with Crippen molar-refractivity contribution in [2.45, 2.75) is 10.8 Å². The first-order chi connectivity index (χ1) is 8.67. The Labute approximate surface area is 110 Å². The van der Waals surface area contributed by atoms with Gasteiger partial charge in [0.05, 0.1) is 7.11 Å². The molecule has 0 atom stereocenters. The van der Waals surface area contributed by atoms with Crippen LogP contribution in [0.3, 0.4) is 0 Å². The van der Waals surface area contributed by atoms with Crippen LogP contribution in [-0.2, 0) is 4.74 Å². The van der Waals surface area contributed by atoms with Gasteiger partial charge in [0.25, 0.3) is 0 Å². The summed E-state index contributed by atoms with van der Waals surface area (Å²) < 4.78 is 4.68. The Bertz CT molecular complexity index is 520. The number of carbonyl (C=O) groups excluding carboxylic acids is 1. The van der Waals surface area contributed by atoms with Crippen LogP contribution < -0.4 is 0 Å². The molecule has 0 heterocycles. The lowest BCUT2D eigenvalue weighted by molar-refractivity contribution is 0.0593. The quantitative estimate of drug-likeness (QED) is 0.671. The molecule has 0 amide bonds. The van der Waals surface area contributed by atoms with Crippen molar-refractivity contribution in [3.05, 3.63) is 47.6 Å². The number of ether oxygens (including phenoxy) is 1. The van der Waals surface area contributed by atoms with E-state index in [2.05, 4.69) is 4.74 Å². The SMILES string of the molecule is COC(=O)c1c(O)cc(C2C=CC=C2)cc1SC. The van der Waals surface area contributed by atoms with Gasteiger partial charge < -0.3 is 9.84 Å². The van der Waals surface area contributed by atoms with Crippen LogP contribution in [0.25, 0.3) is 0 Å². The summed E-state index contributed by atoms with van der Waals surface area (Å²) in [6.45, 7) is 0. The molecule has 3 nitrogen and oxygen atoms in total. The molecule has 0 unspecified atom stereocenters. The van der Waals surface area contributed by atoms with E-state index in [1.165, 1.54) is 18.9 Å². The van der Waals surface area contributed by atoms with E-state index in [0.29, 0.717) is 0 Å². The van der Waals surface area contributed by atoms with Crippen molar-refractivity contribution < 1.29 is 14.6 Å². The summed E-state index contributed by atoms with van der Waals surface area (Å²) in [5.41, 5.74) is 1.20. The van der Waals surface area contributed by atoms with Crippen molar-refractivity contribution in [2.24, 2.45) is 0 Å². The number of benzene rings is 1. The normalized spacial score (nSPS) is 14.1. The Morgan fingerprint density at radius 3 is 2.56 bits per heavy atom. The lowest BCUT2D eigenvalue weighted by Crippen LogP contribution is -2.05. The van der Waals surface area contributed by atoms with E-state index >= 15 is 0 Å². The zero-order chi connectivity index (χ0) is 13.1. The molecule has 1 aromatic carbocycles. The van der Waals surface area contributed by atoms with Crippen LogP contribution in [0.4, 0.5) is 0 Å². The number of methoxy groups -OCH3 is 1. The molecule has 0 bridgehead atoms. The predicted molar refractivity (Wildman–Crippen MR) is 72.2 cm³/mol. The third-order valence-corrected chi connectivity index (χ3v) is 3.61. The van der Waals surface area contributed by atoms with Gasteiger partial charge in [-0.3, -0.25) is 0 Å². The Hall–Kier alpha value is -1.68. The Balaban J connectivity index is 2.49. The van der Waals surface area contributed by atoms with Crippen molar-refractivity contribution in [3.63, 3.8) is 0 Å². The Morgan fingerprint density at radius 2 is 2.00 bits per heavy atom. The molecule has 0 saturated carbocycles. The number of allylic oxidation sites excluding steroid dienone is 4. The molecule has 18 heavy (non-hydrogen) atoms. The molecule has 1 N–H and O–H groups in total. The average Bonchev–Trinajstić information content (AvgIpc) is 2.90. The summed E-state index contributed by atoms with van der Waals surface area (Å²) in [4.78, 5) is 12.4. The van der Waals surface area contributed by atoms with E-state index in [1.807, 2.05) is 36.6 Å². The third kappa shape index (κ3) is 2.29. The highest BCUT2D eigenvalue weighted by Crippen LogP contribution is 2.35. The summed E-state index contributed by atoms with van der Waals surface area (Å²) >= 11 is 1.42. The number of hydrogen-bond donors (Lipinski definition) is 1. The van der Waals surface area contributed by atoms with Gasteiger partial charge in [-0.05, 0) is 24.0 Å². The first-order valence-electron chi connectivity index (χ1n) is 5.51. The van der Waals surface area contributed by atoms with Gasteiger partial charge in [0.1, 0.15) is 11.3 Å². The average molecular weight is 262 g/mol. The maximum Gasteiger partial charge on any atom is 0.342 e. The minimum absolute atomic E-state index is 0.0302. The number of phenols is 1. The van der Waals surface area contributed by atoms with Crippen molar-refractivity contribution in [1.29, 1.82) is 0 Å². The van der Waals surface area contributed by atoms with Gasteiger partial charge in [-0.2, -0.15) is 0 Å². The Kier molecular flexibility index (Phi) is 3.77. The van der Waals surface area contributed by atoms with E-state index in [9.17, 15) is 9.90 Å². The predicted octanol–water partition coefficient (Wildman–Crippen LogP) is 3.11. The van der Waals surface area contributed by atoms with E-state index in [1.54, 1.807) is 6.07 Å². The molecule has 94 valence electrons. The van der Waals surface area contributed by atoms with Crippen LogP contribution in [0, 0.1) is 0 Å². The summed E-state index contributed by atoms with van der Waals surface area (Å²) in [6.07, 6.45) is 9.88. The molecule has 4 heteroatoms. The number of hydrogen-bond acceptors (Lipinski definition) is 4. The molecular weight excluding hydrogens is 248 g/mol. The van der Waals surface area contributed by atoms with Crippen LogP contribution in [-0.4, -0.2) is 24.4 Å². The third-order valence-electron chi connectivity index (χ3n) is 2.85. The van der Waals surface area contributed by atoms with Gasteiger partial charge >= 0.3 is 5.97 Å². The molecule has 0 saturated heterocycles. The molecule has 0 aromatic heterocycles. The highest BCUT2D eigenvalue weighted by Gasteiger charge is 2.20. The van der Waals surface area contributed by atoms with Gasteiger partial charge in [-0.25, -0.2) is 4.79 Å². The lowest BCUT2D eigenvalue weighted by Gasteiger charge is -2.13. The monoisotopic (exact) mass is 262 g/mol. The summed E-state index contributed by atoms with van der Waals surface area (Å²) in [6, 6.07) is 3.54. The van der Waals surface area contributed by atoms with Crippen molar-refractivity contribution in [3.8, 4) is 5.75 Å². The van der Waals surface area contributed by atoms with Crippen molar-refractivity contribution in [2.75, 3.05) is 13.4 Å². The van der Waals surface area contributed by atoms with Gasteiger partial charge in [0, 0.05) is 10.8 Å². The zero-order valence-electron chi connectivity index (χ0n) is 10.2. The topological polar surface area (TPSA) is 46.5 Å². The summed E-state index contributed by atoms with van der Waals surface area (Å²) in [5.74, 6) is -0.383. The first-order valence-corrected chi connectivity index (χ1v) is 6.74. The highest BCUT2D eigenvalue weighted by atomic mass is 32.2. The second-order valence-corrected chi connectivity index (χ2v) is 4.75. The van der Waals surface area contributed by atoms with Crippen LogP contribution in [0.2, 0.25) is 0 Å². The van der Waals surface area contributed by atoms with E-state index < -0.39 is 5.97 Å². The fraction of sp³-hybridized carbons (Fsp3) is 0.214. The number of phenolic OH excluding ortho intramolecular Hbond substituents is 1. The number of aromatic hydroxyl groups is 1. The minimum Gasteiger partial charge on any atom is -0.507 e. The molecule has 1 aliphatic carbocycles. The largest absolute Gasteiger partial charge is 0.507 e. The number of rotatable bonds is 3. The fourth-order valence-electron chi connectivity index (χ4n) is 1.94. The molecule has 2 rings (SSSR count). The van der Waals surface area contributed by atoms with E-state index in [0.717, 1.165) is 10.5 Å². The smallest absolute Gasteiger partial charge is 0.342 e. The van der Waals surface area contributed by atoms with Gasteiger partial charge in [0.2, 0.25) is 0 Å². The molecular formula is C14H14O3S. The highest BCUT2D eigenvalue weighted by molar-refractivity contribution is 7.98. The first kappa shape index (κ1) is 12.8. The van der Waals surface area contributed by atoms with Crippen LogP contribution >= 0.6 is 11.8 Å². The van der Waals surface area contributed by atoms with Crippen LogP contribution in [0.1, 0.15) is 21.8 Å². The molecule has 1 aromatic rings. The summed E-state index contributed by atoms with van der Waals surface area (Å²) in [7, 11) is 1.31. The van der Waals surface area contributed by atoms with E-state index in [4.69, 9.17) is 0 Å². The Morgan fingerprint density at radius 1 is 1.33 bits per heavy atom. The van der Waals surface area contributed by atoms with Crippen LogP contribution in [0.5, 0.6) is 5.75 Å². The van der Waals surface area contributed by atoms with Gasteiger partial charge in [0.15, 0.2) is 0 Å². The number of esters is 1. The maximum atomic E-state index is 11.6. The standard InChI is InChI=1S/C14H14O3S/c1-17-14(16)13-11(15)7-10(8-12(13)18-2)9-5-3-4-6-9/h3-9,15H,1-2H3. The molecule has 1 aliphatic rings. The van der Waals surface area contributed by atoms with Gasteiger partial charge in [-0.1, -0.05) is 24.3 Å². The van der Waals surface area contributed by atoms with Crippen LogP contribution in [0.15, 0.2) is 41.3 Å². The summed E-state index contributed by atoms with van der Waals surface area (Å²) in [5, 5.41) is 10.0. The van der Waals surface area contributed by atoms with Crippen molar-refractivity contribution >= 4 is 17.7 Å². The zero-order valence-corrected chi connectivity index (χ0v) is 11.0. The number of carbonyl (C=O) groups is 1. The second kappa shape index (κ2) is 5.31. The maximum absolute atomic E-state index is 11.6. The number of thioether (sulfide) groups is 1. The van der Waals surface area contributed by atoms with E-state index in [-0.39, 0.29) is 17.2 Å². The molecule has 0 radical (unpaired) electrons. The minimum atomic E-state index is -0.513. The lowest BCUT2D eigenvalue weighted by atomic mass is 9.99. The van der Waals surface area contributed by atoms with Gasteiger partial charge in [-0.15, -0.1) is 11.8 Å². The fourth-order valence-corrected chi connectivity index (χ4v) is 2.58. The second-order valence-electron chi connectivity index (χ2n) is 3.90. The molecule has 0 fully saturated rings. The van der Waals surface area contributed by atoms with Crippen molar-refractivity contribution in [1.82, 2.24) is 0 Å².